The number of fused-ring (bicyclic) bond motifs is 3. The summed E-state index contributed by atoms with van der Waals surface area (Å²) in [6, 6.07) is 7.19. The van der Waals surface area contributed by atoms with Crippen LogP contribution in [0.15, 0.2) is 34.9 Å². The van der Waals surface area contributed by atoms with E-state index >= 15 is 0 Å². The Morgan fingerprint density at radius 2 is 2.17 bits per heavy atom. The van der Waals surface area contributed by atoms with E-state index in [1.807, 2.05) is 0 Å². The van der Waals surface area contributed by atoms with Crippen LogP contribution in [-0.4, -0.2) is 46.1 Å². The van der Waals surface area contributed by atoms with Crippen molar-refractivity contribution in [2.24, 2.45) is 5.92 Å². The quantitative estimate of drug-likeness (QED) is 0.904. The third-order valence-electron chi connectivity index (χ3n) is 5.31. The van der Waals surface area contributed by atoms with Crippen LogP contribution in [0.25, 0.3) is 11.3 Å². The van der Waals surface area contributed by atoms with Gasteiger partial charge in [-0.05, 0) is 50.9 Å². The van der Waals surface area contributed by atoms with Crippen molar-refractivity contribution in [1.82, 2.24) is 15.2 Å². The van der Waals surface area contributed by atoms with Gasteiger partial charge >= 0.3 is 5.91 Å². The van der Waals surface area contributed by atoms with E-state index in [4.69, 9.17) is 4.42 Å². The number of amides is 1. The number of hydrogen-bond acceptors (Lipinski definition) is 5. The van der Waals surface area contributed by atoms with E-state index in [2.05, 4.69) is 22.1 Å². The van der Waals surface area contributed by atoms with Gasteiger partial charge in [0.2, 0.25) is 0 Å². The minimum Gasteiger partial charge on any atom is -0.508 e. The Hall–Kier alpha value is -2.34. The van der Waals surface area contributed by atoms with E-state index in [-0.39, 0.29) is 23.6 Å². The Morgan fingerprint density at radius 3 is 2.88 bits per heavy atom. The zero-order valence-corrected chi connectivity index (χ0v) is 13.6. The van der Waals surface area contributed by atoms with Gasteiger partial charge in [0.15, 0.2) is 5.76 Å². The molecule has 2 bridgehead atoms. The highest BCUT2D eigenvalue weighted by molar-refractivity contribution is 5.90. The molecule has 2 atom stereocenters. The second-order valence-electron chi connectivity index (χ2n) is 6.69. The van der Waals surface area contributed by atoms with Gasteiger partial charge in [-0.3, -0.25) is 9.69 Å². The molecule has 0 spiro atoms. The van der Waals surface area contributed by atoms with Gasteiger partial charge in [-0.25, -0.2) is 4.98 Å². The molecule has 3 fully saturated rings. The molecular formula is C18H21N3O3. The van der Waals surface area contributed by atoms with E-state index in [1.165, 1.54) is 6.20 Å². The lowest BCUT2D eigenvalue weighted by atomic mass is 9.79. The number of rotatable bonds is 3. The van der Waals surface area contributed by atoms with E-state index in [0.29, 0.717) is 23.3 Å². The summed E-state index contributed by atoms with van der Waals surface area (Å²) in [6.45, 7) is 4.42. The molecule has 6 heteroatoms. The lowest BCUT2D eigenvalue weighted by Crippen LogP contribution is -2.62. The van der Waals surface area contributed by atoms with Crippen LogP contribution < -0.4 is 5.32 Å². The Bertz CT molecular complexity index is 747. The normalized spacial score (nSPS) is 28.7. The molecule has 126 valence electrons. The molecule has 0 saturated carbocycles. The number of nitrogens with one attached hydrogen (secondary N) is 1. The number of hydrogen-bond donors (Lipinski definition) is 2. The van der Waals surface area contributed by atoms with Crippen molar-refractivity contribution in [3.63, 3.8) is 0 Å². The van der Waals surface area contributed by atoms with Crippen molar-refractivity contribution in [2.75, 3.05) is 13.1 Å². The molecule has 1 aromatic heterocycles. The number of nitrogens with zero attached hydrogens (tertiary/aromatic N) is 2. The number of oxazole rings is 1. The molecule has 2 N–H and O–H groups in total. The van der Waals surface area contributed by atoms with Gasteiger partial charge < -0.3 is 14.8 Å². The summed E-state index contributed by atoms with van der Waals surface area (Å²) >= 11 is 0. The number of phenolic OH excluding ortho intramolecular Hbond substituents is 1. The number of piperidine rings is 3. The fourth-order valence-corrected chi connectivity index (χ4v) is 3.93. The summed E-state index contributed by atoms with van der Waals surface area (Å²) in [5, 5.41) is 12.7. The van der Waals surface area contributed by atoms with Crippen molar-refractivity contribution >= 4 is 5.91 Å². The van der Waals surface area contributed by atoms with Crippen molar-refractivity contribution < 1.29 is 14.3 Å². The van der Waals surface area contributed by atoms with E-state index in [0.717, 1.165) is 25.9 Å². The number of aromatic nitrogens is 1. The van der Waals surface area contributed by atoms with Crippen molar-refractivity contribution in [1.29, 1.82) is 0 Å². The zero-order chi connectivity index (χ0) is 16.7. The lowest BCUT2D eigenvalue weighted by Gasteiger charge is -2.49. The number of benzene rings is 1. The molecule has 3 aliphatic rings. The summed E-state index contributed by atoms with van der Waals surface area (Å²) < 4.78 is 5.60. The molecule has 0 radical (unpaired) electrons. The van der Waals surface area contributed by atoms with Crippen molar-refractivity contribution in [3.05, 3.63) is 36.4 Å². The van der Waals surface area contributed by atoms with Crippen molar-refractivity contribution in [3.8, 4) is 17.1 Å². The van der Waals surface area contributed by atoms with Gasteiger partial charge in [-0.15, -0.1) is 0 Å². The summed E-state index contributed by atoms with van der Waals surface area (Å²) in [6.07, 6.45) is 3.79. The SMILES string of the molecule is CC1C(NC(=O)c2ncc(-c3cccc(O)c3)o2)C2CCN1CC2. The molecular weight excluding hydrogens is 306 g/mol. The van der Waals surface area contributed by atoms with Gasteiger partial charge in [-0.1, -0.05) is 12.1 Å². The maximum atomic E-state index is 12.5. The largest absolute Gasteiger partial charge is 0.508 e. The van der Waals surface area contributed by atoms with Gasteiger partial charge in [-0.2, -0.15) is 0 Å². The van der Waals surface area contributed by atoms with E-state index in [1.54, 1.807) is 24.3 Å². The summed E-state index contributed by atoms with van der Waals surface area (Å²) in [5.74, 6) is 0.951. The molecule has 2 aromatic rings. The van der Waals surface area contributed by atoms with Gasteiger partial charge in [0, 0.05) is 17.6 Å². The summed E-state index contributed by atoms with van der Waals surface area (Å²) in [7, 11) is 0. The van der Waals surface area contributed by atoms with Crippen LogP contribution in [0, 0.1) is 5.92 Å². The second-order valence-corrected chi connectivity index (χ2v) is 6.69. The first-order valence-electron chi connectivity index (χ1n) is 8.42. The van der Waals surface area contributed by atoms with Crippen LogP contribution in [-0.2, 0) is 0 Å². The van der Waals surface area contributed by atoms with Crippen LogP contribution >= 0.6 is 0 Å². The fourth-order valence-electron chi connectivity index (χ4n) is 3.93. The number of carbonyl (C=O) groups excluding carboxylic acids is 1. The standard InChI is InChI=1S/C18H21N3O3/c1-11-16(12-5-7-21(11)8-6-12)20-17(23)18-19-10-15(24-18)13-3-2-4-14(22)9-13/h2-4,9-12,16,22H,5-8H2,1H3,(H,20,23). The van der Waals surface area contributed by atoms with Crippen LogP contribution in [0.1, 0.15) is 30.5 Å². The highest BCUT2D eigenvalue weighted by atomic mass is 16.4. The monoisotopic (exact) mass is 327 g/mol. The first-order chi connectivity index (χ1) is 11.6. The van der Waals surface area contributed by atoms with Crippen LogP contribution in [0.4, 0.5) is 0 Å². The maximum Gasteiger partial charge on any atom is 0.307 e. The highest BCUT2D eigenvalue weighted by Gasteiger charge is 2.40. The lowest BCUT2D eigenvalue weighted by molar-refractivity contribution is 0.0210. The molecule has 3 aliphatic heterocycles. The first-order valence-corrected chi connectivity index (χ1v) is 8.42. The van der Waals surface area contributed by atoms with Gasteiger partial charge in [0.1, 0.15) is 5.75 Å². The minimum absolute atomic E-state index is 0.0667. The molecule has 5 rings (SSSR count). The topological polar surface area (TPSA) is 78.6 Å². The maximum absolute atomic E-state index is 12.5. The number of phenols is 1. The third kappa shape index (κ3) is 2.67. The van der Waals surface area contributed by atoms with Gasteiger partial charge in [0.05, 0.1) is 6.20 Å². The van der Waals surface area contributed by atoms with E-state index in [9.17, 15) is 9.90 Å². The molecule has 2 unspecified atom stereocenters. The van der Waals surface area contributed by atoms with Crippen LogP contribution in [0.3, 0.4) is 0 Å². The third-order valence-corrected chi connectivity index (χ3v) is 5.31. The second kappa shape index (κ2) is 5.94. The molecule has 0 aliphatic carbocycles. The Labute approximate surface area is 140 Å². The smallest absolute Gasteiger partial charge is 0.307 e. The average molecular weight is 327 g/mol. The predicted molar refractivity (Wildman–Crippen MR) is 88.6 cm³/mol. The molecule has 3 saturated heterocycles. The molecule has 24 heavy (non-hydrogen) atoms. The zero-order valence-electron chi connectivity index (χ0n) is 13.6. The highest BCUT2D eigenvalue weighted by Crippen LogP contribution is 2.32. The Kier molecular flexibility index (Phi) is 3.76. The number of carbonyl (C=O) groups is 1. The van der Waals surface area contributed by atoms with E-state index < -0.39 is 0 Å². The summed E-state index contributed by atoms with van der Waals surface area (Å²) in [4.78, 5) is 19.0. The molecule has 6 nitrogen and oxygen atoms in total. The first kappa shape index (κ1) is 15.2. The Balaban J connectivity index is 1.49. The van der Waals surface area contributed by atoms with Crippen molar-refractivity contribution in [2.45, 2.75) is 31.8 Å². The van der Waals surface area contributed by atoms with Crippen LogP contribution in [0.2, 0.25) is 0 Å². The predicted octanol–water partition coefficient (Wildman–Crippen LogP) is 2.26. The molecule has 1 amide bonds. The fraction of sp³-hybridized carbons (Fsp3) is 0.444. The summed E-state index contributed by atoms with van der Waals surface area (Å²) in [5.41, 5.74) is 0.692. The number of aromatic hydroxyl groups is 1. The van der Waals surface area contributed by atoms with Gasteiger partial charge in [0.25, 0.3) is 5.89 Å². The van der Waals surface area contributed by atoms with Crippen LogP contribution in [0.5, 0.6) is 5.75 Å². The molecule has 1 aromatic carbocycles. The minimum atomic E-state index is -0.271. The average Bonchev–Trinajstić information content (AvgIpc) is 3.09. The molecule has 4 heterocycles. The Morgan fingerprint density at radius 1 is 1.38 bits per heavy atom.